The molecule has 0 bridgehead atoms. The van der Waals surface area contributed by atoms with Crippen molar-refractivity contribution < 1.29 is 4.74 Å². The number of likely N-dealkylation sites (tertiary alicyclic amines) is 1. The Morgan fingerprint density at radius 3 is 2.53 bits per heavy atom. The Labute approximate surface area is 180 Å². The molecule has 4 rings (SSSR count). The lowest BCUT2D eigenvalue weighted by molar-refractivity contribution is 0.0376. The van der Waals surface area contributed by atoms with Crippen LogP contribution in [0.4, 0.5) is 0 Å². The van der Waals surface area contributed by atoms with Crippen LogP contribution in [-0.4, -0.2) is 95.1 Å². The Morgan fingerprint density at radius 2 is 1.87 bits per heavy atom. The van der Waals surface area contributed by atoms with E-state index in [4.69, 9.17) is 9.73 Å². The smallest absolute Gasteiger partial charge is 0.191 e. The van der Waals surface area contributed by atoms with Gasteiger partial charge in [0, 0.05) is 51.9 Å². The average molecular weight is 419 g/mol. The van der Waals surface area contributed by atoms with Crippen molar-refractivity contribution in [2.24, 2.45) is 12.0 Å². The highest BCUT2D eigenvalue weighted by Crippen LogP contribution is 2.29. The van der Waals surface area contributed by atoms with Crippen LogP contribution < -0.4 is 10.6 Å². The van der Waals surface area contributed by atoms with Crippen LogP contribution in [0.2, 0.25) is 0 Å². The van der Waals surface area contributed by atoms with Crippen molar-refractivity contribution in [3.05, 3.63) is 11.6 Å². The zero-order valence-electron chi connectivity index (χ0n) is 18.6. The van der Waals surface area contributed by atoms with E-state index >= 15 is 0 Å². The highest BCUT2D eigenvalue weighted by molar-refractivity contribution is 5.80. The molecule has 0 aromatic carbocycles. The summed E-state index contributed by atoms with van der Waals surface area (Å²) in [6.45, 7) is 10.7. The van der Waals surface area contributed by atoms with E-state index in [-0.39, 0.29) is 0 Å². The molecule has 2 saturated heterocycles. The summed E-state index contributed by atoms with van der Waals surface area (Å²) in [6, 6.07) is 1.36. The molecule has 9 heteroatoms. The van der Waals surface area contributed by atoms with Crippen molar-refractivity contribution in [2.45, 2.75) is 57.7 Å². The maximum Gasteiger partial charge on any atom is 0.191 e. The number of aliphatic imine (C=N–C) groups is 1. The maximum absolute atomic E-state index is 5.44. The molecule has 1 aliphatic carbocycles. The molecule has 0 amide bonds. The van der Waals surface area contributed by atoms with Crippen molar-refractivity contribution in [3.8, 4) is 0 Å². The summed E-state index contributed by atoms with van der Waals surface area (Å²) in [6.07, 6.45) is 6.27. The highest BCUT2D eigenvalue weighted by Gasteiger charge is 2.31. The summed E-state index contributed by atoms with van der Waals surface area (Å²) in [7, 11) is 2.00. The lowest BCUT2D eigenvalue weighted by Gasteiger charge is -2.33. The zero-order valence-corrected chi connectivity index (χ0v) is 18.6. The molecule has 168 valence electrons. The summed E-state index contributed by atoms with van der Waals surface area (Å²) < 4.78 is 7.45. The first-order valence-corrected chi connectivity index (χ1v) is 11.6. The number of rotatable bonds is 8. The van der Waals surface area contributed by atoms with E-state index < -0.39 is 0 Å². The van der Waals surface area contributed by atoms with Gasteiger partial charge in [-0.1, -0.05) is 0 Å². The fraction of sp³-hybridized carbons (Fsp3) is 0.857. The summed E-state index contributed by atoms with van der Waals surface area (Å²) in [5.74, 6) is 2.72. The Morgan fingerprint density at radius 1 is 1.10 bits per heavy atom. The fourth-order valence-electron chi connectivity index (χ4n) is 4.27. The van der Waals surface area contributed by atoms with Crippen molar-refractivity contribution in [2.75, 3.05) is 52.5 Å². The quantitative estimate of drug-likeness (QED) is 0.362. The van der Waals surface area contributed by atoms with Crippen LogP contribution in [0.3, 0.4) is 0 Å². The zero-order chi connectivity index (χ0) is 20.8. The van der Waals surface area contributed by atoms with Gasteiger partial charge in [0.1, 0.15) is 12.4 Å². The number of ether oxygens (including phenoxy) is 1. The van der Waals surface area contributed by atoms with Gasteiger partial charge in [-0.25, -0.2) is 4.99 Å². The van der Waals surface area contributed by atoms with E-state index in [0.717, 1.165) is 69.5 Å². The molecule has 0 atom stereocenters. The molecular formula is C21H38N8O. The average Bonchev–Trinajstić information content (AvgIpc) is 3.57. The Bertz CT molecular complexity index is 687. The van der Waals surface area contributed by atoms with Gasteiger partial charge in [-0.3, -0.25) is 4.90 Å². The van der Waals surface area contributed by atoms with Crippen LogP contribution >= 0.6 is 0 Å². The van der Waals surface area contributed by atoms with Gasteiger partial charge >= 0.3 is 0 Å². The summed E-state index contributed by atoms with van der Waals surface area (Å²) in [5, 5.41) is 15.7. The van der Waals surface area contributed by atoms with Gasteiger partial charge in [0.2, 0.25) is 0 Å². The summed E-state index contributed by atoms with van der Waals surface area (Å²) in [5.41, 5.74) is 0. The van der Waals surface area contributed by atoms with Crippen molar-refractivity contribution in [1.82, 2.24) is 35.2 Å². The van der Waals surface area contributed by atoms with Crippen LogP contribution in [0.5, 0.6) is 0 Å². The first-order chi connectivity index (χ1) is 14.7. The van der Waals surface area contributed by atoms with Crippen LogP contribution in [-0.2, 0) is 18.3 Å². The first kappa shape index (κ1) is 21.5. The SMILES string of the molecule is Cc1nnc(CN=C(NCCCN2CCOCC2)NC2CCN(C3CC3)CC2)n1C. The maximum atomic E-state index is 5.44. The van der Waals surface area contributed by atoms with Crippen LogP contribution in [0, 0.1) is 6.92 Å². The number of hydrogen-bond donors (Lipinski definition) is 2. The van der Waals surface area contributed by atoms with E-state index in [2.05, 4.69) is 30.6 Å². The third-order valence-corrected chi connectivity index (χ3v) is 6.54. The van der Waals surface area contributed by atoms with Crippen molar-refractivity contribution in [1.29, 1.82) is 0 Å². The number of guanidine groups is 1. The van der Waals surface area contributed by atoms with Gasteiger partial charge in [0.15, 0.2) is 11.8 Å². The standard InChI is InChI=1S/C21H38N8O/c1-17-25-26-20(27(17)2)16-23-21(22-8-3-9-28-12-14-30-15-13-28)24-18-6-10-29(11-7-18)19-4-5-19/h18-19H,3-16H2,1-2H3,(H2,22,23,24). The van der Waals surface area contributed by atoms with Gasteiger partial charge in [-0.15, -0.1) is 10.2 Å². The minimum atomic E-state index is 0.492. The van der Waals surface area contributed by atoms with Gasteiger partial charge in [0.25, 0.3) is 0 Å². The lowest BCUT2D eigenvalue weighted by atomic mass is 10.1. The van der Waals surface area contributed by atoms with Crippen molar-refractivity contribution >= 4 is 5.96 Å². The molecule has 30 heavy (non-hydrogen) atoms. The molecule has 9 nitrogen and oxygen atoms in total. The van der Waals surface area contributed by atoms with Crippen LogP contribution in [0.15, 0.2) is 4.99 Å². The number of hydrogen-bond acceptors (Lipinski definition) is 6. The van der Waals surface area contributed by atoms with E-state index in [1.54, 1.807) is 0 Å². The minimum absolute atomic E-state index is 0.492. The monoisotopic (exact) mass is 418 g/mol. The molecule has 0 unspecified atom stereocenters. The second-order valence-corrected chi connectivity index (χ2v) is 8.81. The number of aromatic nitrogens is 3. The van der Waals surface area contributed by atoms with E-state index in [1.165, 1.54) is 38.8 Å². The predicted molar refractivity (Wildman–Crippen MR) is 118 cm³/mol. The molecule has 3 aliphatic rings. The Hall–Kier alpha value is -1.71. The Balaban J connectivity index is 1.27. The van der Waals surface area contributed by atoms with Gasteiger partial charge < -0.3 is 24.8 Å². The molecule has 1 aromatic rings. The normalized spacial score (nSPS) is 22.4. The molecule has 2 aliphatic heterocycles. The van der Waals surface area contributed by atoms with E-state index in [9.17, 15) is 0 Å². The molecule has 1 saturated carbocycles. The van der Waals surface area contributed by atoms with Crippen LogP contribution in [0.1, 0.15) is 43.8 Å². The summed E-state index contributed by atoms with van der Waals surface area (Å²) >= 11 is 0. The molecular weight excluding hydrogens is 380 g/mol. The van der Waals surface area contributed by atoms with Crippen LogP contribution in [0.25, 0.3) is 0 Å². The topological polar surface area (TPSA) is 82.8 Å². The van der Waals surface area contributed by atoms with Crippen molar-refractivity contribution in [3.63, 3.8) is 0 Å². The number of nitrogens with one attached hydrogen (secondary N) is 2. The highest BCUT2D eigenvalue weighted by atomic mass is 16.5. The minimum Gasteiger partial charge on any atom is -0.379 e. The number of morpholine rings is 1. The number of nitrogens with zero attached hydrogens (tertiary/aromatic N) is 6. The van der Waals surface area contributed by atoms with Gasteiger partial charge in [-0.05, 0) is 45.6 Å². The first-order valence-electron chi connectivity index (χ1n) is 11.6. The lowest BCUT2D eigenvalue weighted by Crippen LogP contribution is -2.49. The molecule has 2 N–H and O–H groups in total. The second kappa shape index (κ2) is 10.5. The summed E-state index contributed by atoms with van der Waals surface area (Å²) in [4.78, 5) is 9.97. The van der Waals surface area contributed by atoms with Gasteiger partial charge in [0.05, 0.1) is 13.2 Å². The number of piperidine rings is 1. The van der Waals surface area contributed by atoms with E-state index in [0.29, 0.717) is 12.6 Å². The third-order valence-electron chi connectivity index (χ3n) is 6.54. The predicted octanol–water partition coefficient (Wildman–Crippen LogP) is 0.508. The Kier molecular flexibility index (Phi) is 7.57. The molecule has 3 heterocycles. The molecule has 0 radical (unpaired) electrons. The molecule has 0 spiro atoms. The third kappa shape index (κ3) is 6.15. The van der Waals surface area contributed by atoms with Gasteiger partial charge in [-0.2, -0.15) is 0 Å². The fourth-order valence-corrected chi connectivity index (χ4v) is 4.27. The molecule has 1 aromatic heterocycles. The second-order valence-electron chi connectivity index (χ2n) is 8.81. The molecule has 3 fully saturated rings. The van der Waals surface area contributed by atoms with E-state index in [1.807, 2.05) is 18.5 Å². The number of aryl methyl sites for hydroxylation is 1. The largest absolute Gasteiger partial charge is 0.379 e.